The predicted octanol–water partition coefficient (Wildman–Crippen LogP) is 4.16. The summed E-state index contributed by atoms with van der Waals surface area (Å²) in [5, 5.41) is 3.00. The first-order chi connectivity index (χ1) is 14.5. The Balaban J connectivity index is 1.68. The van der Waals surface area contributed by atoms with Gasteiger partial charge in [0.2, 0.25) is 5.78 Å². The molecule has 0 saturated heterocycles. The minimum Gasteiger partial charge on any atom is -0.386 e. The highest BCUT2D eigenvalue weighted by Gasteiger charge is 2.39. The lowest BCUT2D eigenvalue weighted by Crippen LogP contribution is -2.39. The van der Waals surface area contributed by atoms with Crippen molar-refractivity contribution in [1.82, 2.24) is 5.32 Å². The molecule has 3 aromatic rings. The van der Waals surface area contributed by atoms with Gasteiger partial charge < -0.3 is 5.32 Å². The van der Waals surface area contributed by atoms with Crippen molar-refractivity contribution in [2.24, 2.45) is 0 Å². The number of hydrogen-bond donors (Lipinski definition) is 1. The summed E-state index contributed by atoms with van der Waals surface area (Å²) in [5.74, 6) is -0.494. The molecular weight excluding hydrogens is 396 g/mol. The summed E-state index contributed by atoms with van der Waals surface area (Å²) in [6.07, 6.45) is 1.32. The Morgan fingerprint density at radius 3 is 2.27 bits per heavy atom. The zero-order valence-corrected chi connectivity index (χ0v) is 17.4. The number of benzene rings is 3. The quantitative estimate of drug-likeness (QED) is 0.632. The largest absolute Gasteiger partial charge is 0.386 e. The number of carbonyl (C=O) groups is 1. The number of rotatable bonds is 5. The number of Topliss-reactive ketones (excluding diaryl/α,β-unsaturated/α-hetero) is 1. The molecule has 0 radical (unpaired) electrons. The van der Waals surface area contributed by atoms with Crippen LogP contribution in [0.25, 0.3) is 0 Å². The molecule has 30 heavy (non-hydrogen) atoms. The lowest BCUT2D eigenvalue weighted by atomic mass is 10.1. The number of ketones is 1. The molecule has 0 unspecified atom stereocenters. The van der Waals surface area contributed by atoms with E-state index in [1.807, 2.05) is 61.5 Å². The first-order valence-corrected chi connectivity index (χ1v) is 11.1. The Bertz CT molecular complexity index is 1200. The van der Waals surface area contributed by atoms with Crippen molar-refractivity contribution in [3.8, 4) is 0 Å². The van der Waals surface area contributed by atoms with E-state index in [9.17, 15) is 13.2 Å². The summed E-state index contributed by atoms with van der Waals surface area (Å²) in [6, 6.07) is 24.1. The predicted molar refractivity (Wildman–Crippen MR) is 118 cm³/mol. The Kier molecular flexibility index (Phi) is 5.42. The number of anilines is 1. The highest BCUT2D eigenvalue weighted by molar-refractivity contribution is 7.97. The van der Waals surface area contributed by atoms with E-state index < -0.39 is 15.8 Å². The Labute approximate surface area is 176 Å². The molecule has 0 aromatic heterocycles. The van der Waals surface area contributed by atoms with Gasteiger partial charge in [0.15, 0.2) is 4.91 Å². The van der Waals surface area contributed by atoms with Crippen molar-refractivity contribution in [2.45, 2.75) is 20.0 Å². The molecule has 3 aromatic carbocycles. The number of carbonyl (C=O) groups excluding carboxylic acids is 1. The Hall–Kier alpha value is -3.38. The van der Waals surface area contributed by atoms with Gasteiger partial charge in [0.25, 0.3) is 10.0 Å². The van der Waals surface area contributed by atoms with Gasteiger partial charge in [-0.05, 0) is 30.2 Å². The number of aryl methyl sites for hydroxylation is 1. The molecule has 0 spiro atoms. The van der Waals surface area contributed by atoms with Gasteiger partial charge in [-0.15, -0.1) is 0 Å². The Morgan fingerprint density at radius 2 is 1.53 bits per heavy atom. The van der Waals surface area contributed by atoms with Crippen LogP contribution in [0, 0.1) is 6.92 Å². The van der Waals surface area contributed by atoms with Crippen molar-refractivity contribution >= 4 is 21.5 Å². The number of nitrogens with zero attached hydrogens (tertiary/aromatic N) is 1. The molecule has 5 nitrogen and oxygen atoms in total. The maximum absolute atomic E-state index is 13.4. The zero-order valence-electron chi connectivity index (χ0n) is 16.6. The summed E-state index contributed by atoms with van der Waals surface area (Å²) >= 11 is 0. The Morgan fingerprint density at radius 1 is 0.867 bits per heavy atom. The average molecular weight is 419 g/mol. The first-order valence-electron chi connectivity index (χ1n) is 9.66. The topological polar surface area (TPSA) is 66.5 Å². The van der Waals surface area contributed by atoms with Gasteiger partial charge in [0, 0.05) is 18.3 Å². The number of nitrogens with one attached hydrogen (secondary N) is 1. The van der Waals surface area contributed by atoms with E-state index in [-0.39, 0.29) is 11.4 Å². The van der Waals surface area contributed by atoms with Crippen LogP contribution in [0.4, 0.5) is 5.69 Å². The van der Waals surface area contributed by atoms with Crippen molar-refractivity contribution in [1.29, 1.82) is 0 Å². The number of allylic oxidation sites excluding steroid dienone is 1. The molecule has 152 valence electrons. The summed E-state index contributed by atoms with van der Waals surface area (Å²) in [5.41, 5.74) is 3.78. The maximum Gasteiger partial charge on any atom is 0.270 e. The van der Waals surface area contributed by atoms with Crippen LogP contribution in [-0.2, 0) is 23.1 Å². The van der Waals surface area contributed by atoms with Crippen LogP contribution >= 0.6 is 0 Å². The average Bonchev–Trinajstić information content (AvgIpc) is 2.76. The number of para-hydroxylation sites is 1. The molecule has 0 atom stereocenters. The van der Waals surface area contributed by atoms with Crippen molar-refractivity contribution in [2.75, 3.05) is 4.31 Å². The molecule has 1 aliphatic rings. The standard InChI is InChI=1S/C24H22N2O3S/c1-18-11-13-19(14-12-18)15-25-16-23-24(27)21-9-5-6-10-22(21)26(30(23,28)29)17-20-7-3-2-4-8-20/h2-14,16,25H,15,17H2,1H3/b23-16+. The minimum absolute atomic E-state index is 0.156. The number of fused-ring (bicyclic) bond motifs is 1. The molecule has 0 fully saturated rings. The van der Waals surface area contributed by atoms with Crippen LogP contribution < -0.4 is 9.62 Å². The van der Waals surface area contributed by atoms with Crippen LogP contribution in [-0.4, -0.2) is 14.2 Å². The SMILES string of the molecule is Cc1ccc(CN/C=C2\C(=O)c3ccccc3N(Cc3ccccc3)S2(=O)=O)cc1. The molecule has 1 N–H and O–H groups in total. The zero-order chi connectivity index (χ0) is 21.1. The van der Waals surface area contributed by atoms with Crippen molar-refractivity contribution in [3.05, 3.63) is 112 Å². The van der Waals surface area contributed by atoms with Crippen molar-refractivity contribution in [3.63, 3.8) is 0 Å². The van der Waals surface area contributed by atoms with Crippen molar-refractivity contribution < 1.29 is 13.2 Å². The highest BCUT2D eigenvalue weighted by Crippen LogP contribution is 2.35. The van der Waals surface area contributed by atoms with E-state index >= 15 is 0 Å². The lowest BCUT2D eigenvalue weighted by molar-refractivity contribution is 0.104. The third-order valence-corrected chi connectivity index (χ3v) is 6.80. The van der Waals surface area contributed by atoms with E-state index in [1.165, 1.54) is 10.5 Å². The summed E-state index contributed by atoms with van der Waals surface area (Å²) in [7, 11) is -4.00. The fourth-order valence-corrected chi connectivity index (χ4v) is 4.96. The highest BCUT2D eigenvalue weighted by atomic mass is 32.2. The molecule has 0 saturated carbocycles. The fourth-order valence-electron chi connectivity index (χ4n) is 3.41. The van der Waals surface area contributed by atoms with E-state index in [2.05, 4.69) is 5.32 Å². The number of sulfonamides is 1. The molecule has 0 aliphatic carbocycles. The van der Waals surface area contributed by atoms with Crippen LogP contribution in [0.1, 0.15) is 27.0 Å². The normalized spacial score (nSPS) is 16.4. The van der Waals surface area contributed by atoms with E-state index in [1.54, 1.807) is 24.3 Å². The second-order valence-corrected chi connectivity index (χ2v) is 9.05. The smallest absolute Gasteiger partial charge is 0.270 e. The van der Waals surface area contributed by atoms with Crippen LogP contribution in [0.2, 0.25) is 0 Å². The number of hydrogen-bond acceptors (Lipinski definition) is 4. The summed E-state index contributed by atoms with van der Waals surface area (Å²) < 4.78 is 28.1. The third kappa shape index (κ3) is 3.86. The second-order valence-electron chi connectivity index (χ2n) is 7.22. The van der Waals surface area contributed by atoms with Gasteiger partial charge in [-0.1, -0.05) is 72.3 Å². The van der Waals surface area contributed by atoms with E-state index in [0.717, 1.165) is 16.7 Å². The van der Waals surface area contributed by atoms with Gasteiger partial charge in [-0.3, -0.25) is 9.10 Å². The van der Waals surface area contributed by atoms with Crippen LogP contribution in [0.5, 0.6) is 0 Å². The fraction of sp³-hybridized carbons (Fsp3) is 0.125. The van der Waals surface area contributed by atoms with Gasteiger partial charge >= 0.3 is 0 Å². The van der Waals surface area contributed by atoms with Crippen LogP contribution in [0.15, 0.2) is 90.0 Å². The van der Waals surface area contributed by atoms with Gasteiger partial charge in [0.1, 0.15) is 0 Å². The molecule has 6 heteroatoms. The first kappa shape index (κ1) is 19.9. The monoisotopic (exact) mass is 418 g/mol. The third-order valence-electron chi connectivity index (χ3n) is 5.04. The summed E-state index contributed by atoms with van der Waals surface area (Å²) in [6.45, 7) is 2.58. The van der Waals surface area contributed by atoms with E-state index in [4.69, 9.17) is 0 Å². The van der Waals surface area contributed by atoms with Crippen LogP contribution in [0.3, 0.4) is 0 Å². The second kappa shape index (κ2) is 8.16. The molecule has 0 amide bonds. The molecule has 0 bridgehead atoms. The maximum atomic E-state index is 13.4. The minimum atomic E-state index is -4.00. The van der Waals surface area contributed by atoms with Gasteiger partial charge in [-0.2, -0.15) is 0 Å². The van der Waals surface area contributed by atoms with Gasteiger partial charge in [-0.25, -0.2) is 8.42 Å². The van der Waals surface area contributed by atoms with E-state index in [0.29, 0.717) is 17.8 Å². The molecular formula is C24H22N2O3S. The molecule has 1 aliphatic heterocycles. The molecule has 1 heterocycles. The summed E-state index contributed by atoms with van der Waals surface area (Å²) in [4.78, 5) is 12.8. The molecule has 4 rings (SSSR count). The van der Waals surface area contributed by atoms with Gasteiger partial charge in [0.05, 0.1) is 12.2 Å². The lowest BCUT2D eigenvalue weighted by Gasteiger charge is -2.31.